The molecule has 144 valence electrons. The monoisotopic (exact) mass is 388 g/mol. The Kier molecular flexibility index (Phi) is 5.29. The predicted octanol–water partition coefficient (Wildman–Crippen LogP) is 5.22. The van der Waals surface area contributed by atoms with E-state index >= 15 is 0 Å². The molecule has 0 aliphatic heterocycles. The van der Waals surface area contributed by atoms with Gasteiger partial charge in [0.15, 0.2) is 11.6 Å². The third-order valence-electron chi connectivity index (χ3n) is 4.12. The Morgan fingerprint density at radius 2 is 1.38 bits per heavy atom. The third-order valence-corrected chi connectivity index (χ3v) is 4.12. The van der Waals surface area contributed by atoms with E-state index in [1.54, 1.807) is 49.8 Å². The molecule has 0 aliphatic rings. The van der Waals surface area contributed by atoms with Crippen molar-refractivity contribution in [3.05, 3.63) is 85.1 Å². The lowest BCUT2D eigenvalue weighted by Crippen LogP contribution is -1.97. The van der Waals surface area contributed by atoms with Gasteiger partial charge < -0.3 is 14.8 Å². The second-order valence-corrected chi connectivity index (χ2v) is 6.00. The van der Waals surface area contributed by atoms with Crippen molar-refractivity contribution in [2.45, 2.75) is 0 Å². The molecular weight excluding hydrogens is 371 g/mol. The number of ether oxygens (including phenoxy) is 2. The Hall–Kier alpha value is -4.00. The highest BCUT2D eigenvalue weighted by Crippen LogP contribution is 2.35. The highest BCUT2D eigenvalue weighted by molar-refractivity contribution is 5.73. The van der Waals surface area contributed by atoms with Crippen molar-refractivity contribution in [2.75, 3.05) is 12.4 Å². The summed E-state index contributed by atoms with van der Waals surface area (Å²) in [6, 6.07) is 17.4. The Labute approximate surface area is 167 Å². The van der Waals surface area contributed by atoms with Gasteiger partial charge in [-0.15, -0.1) is 0 Å². The first-order valence-electron chi connectivity index (χ1n) is 8.84. The van der Waals surface area contributed by atoms with Gasteiger partial charge in [0, 0.05) is 35.4 Å². The van der Waals surface area contributed by atoms with Crippen LogP contribution < -0.4 is 14.8 Å². The zero-order valence-electron chi connectivity index (χ0n) is 15.5. The number of anilines is 2. The van der Waals surface area contributed by atoms with Gasteiger partial charge in [0.05, 0.1) is 7.11 Å². The SMILES string of the molecule is COc1ncccc1-c1cccnc1Oc1ccc(Nc2ncccc2F)cc1. The number of rotatable bonds is 6. The lowest BCUT2D eigenvalue weighted by molar-refractivity contribution is 0.399. The fourth-order valence-corrected chi connectivity index (χ4v) is 2.77. The smallest absolute Gasteiger partial charge is 0.227 e. The van der Waals surface area contributed by atoms with Gasteiger partial charge in [0.25, 0.3) is 0 Å². The van der Waals surface area contributed by atoms with Crippen LogP contribution in [0.3, 0.4) is 0 Å². The maximum absolute atomic E-state index is 13.7. The summed E-state index contributed by atoms with van der Waals surface area (Å²) in [6.07, 6.45) is 4.84. The van der Waals surface area contributed by atoms with Crippen LogP contribution in [0.5, 0.6) is 17.5 Å². The minimum Gasteiger partial charge on any atom is -0.481 e. The van der Waals surface area contributed by atoms with Gasteiger partial charge in [-0.3, -0.25) is 0 Å². The van der Waals surface area contributed by atoms with Crippen LogP contribution in [-0.4, -0.2) is 22.1 Å². The molecule has 29 heavy (non-hydrogen) atoms. The number of methoxy groups -OCH3 is 1. The van der Waals surface area contributed by atoms with Gasteiger partial charge in [0.1, 0.15) is 5.75 Å². The summed E-state index contributed by atoms with van der Waals surface area (Å²) in [6.45, 7) is 0. The van der Waals surface area contributed by atoms with E-state index in [4.69, 9.17) is 9.47 Å². The average Bonchev–Trinajstić information content (AvgIpc) is 2.77. The number of halogens is 1. The van der Waals surface area contributed by atoms with Gasteiger partial charge in [0.2, 0.25) is 11.8 Å². The minimum absolute atomic E-state index is 0.164. The van der Waals surface area contributed by atoms with Crippen LogP contribution >= 0.6 is 0 Å². The highest BCUT2D eigenvalue weighted by atomic mass is 19.1. The lowest BCUT2D eigenvalue weighted by atomic mass is 10.1. The van der Waals surface area contributed by atoms with Gasteiger partial charge in [-0.05, 0) is 60.7 Å². The Morgan fingerprint density at radius 3 is 2.07 bits per heavy atom. The second-order valence-electron chi connectivity index (χ2n) is 6.00. The molecule has 0 saturated heterocycles. The van der Waals surface area contributed by atoms with Crippen LogP contribution in [0.15, 0.2) is 79.3 Å². The molecule has 7 heteroatoms. The molecule has 3 heterocycles. The summed E-state index contributed by atoms with van der Waals surface area (Å²) in [5.41, 5.74) is 2.22. The fraction of sp³-hybridized carbons (Fsp3) is 0.0455. The number of pyridine rings is 3. The maximum Gasteiger partial charge on any atom is 0.227 e. The molecule has 0 bridgehead atoms. The average molecular weight is 388 g/mol. The molecule has 0 atom stereocenters. The lowest BCUT2D eigenvalue weighted by Gasteiger charge is -2.12. The van der Waals surface area contributed by atoms with E-state index in [-0.39, 0.29) is 5.82 Å². The van der Waals surface area contributed by atoms with E-state index in [9.17, 15) is 4.39 Å². The third kappa shape index (κ3) is 4.14. The number of benzene rings is 1. The Morgan fingerprint density at radius 1 is 0.759 bits per heavy atom. The minimum atomic E-state index is -0.420. The van der Waals surface area contributed by atoms with Crippen molar-refractivity contribution < 1.29 is 13.9 Å². The number of nitrogens with zero attached hydrogens (tertiary/aromatic N) is 3. The van der Waals surface area contributed by atoms with Crippen molar-refractivity contribution in [3.8, 4) is 28.6 Å². The van der Waals surface area contributed by atoms with Crippen LogP contribution in [0, 0.1) is 5.82 Å². The molecular formula is C22H17FN4O2. The standard InChI is InChI=1S/C22H17FN4O2/c1-28-21-17(5-2-13-25-21)18-6-3-14-26-22(18)29-16-10-8-15(9-11-16)27-20-19(23)7-4-12-24-20/h2-14H,1H3,(H,24,27). The Bertz CT molecular complexity index is 1120. The first-order valence-corrected chi connectivity index (χ1v) is 8.84. The topological polar surface area (TPSA) is 69.2 Å². The second kappa shape index (κ2) is 8.35. The number of nitrogens with one attached hydrogen (secondary N) is 1. The molecule has 1 N–H and O–H groups in total. The molecule has 0 saturated carbocycles. The molecule has 6 nitrogen and oxygen atoms in total. The summed E-state index contributed by atoms with van der Waals surface area (Å²) in [7, 11) is 1.57. The number of hydrogen-bond donors (Lipinski definition) is 1. The van der Waals surface area contributed by atoms with E-state index in [0.29, 0.717) is 23.2 Å². The van der Waals surface area contributed by atoms with Crippen molar-refractivity contribution in [2.24, 2.45) is 0 Å². The van der Waals surface area contributed by atoms with Crippen LogP contribution in [0.1, 0.15) is 0 Å². The highest BCUT2D eigenvalue weighted by Gasteiger charge is 2.13. The summed E-state index contributed by atoms with van der Waals surface area (Å²) >= 11 is 0. The summed E-state index contributed by atoms with van der Waals surface area (Å²) in [5, 5.41) is 2.93. The molecule has 0 unspecified atom stereocenters. The van der Waals surface area contributed by atoms with Crippen molar-refractivity contribution in [1.82, 2.24) is 15.0 Å². The summed E-state index contributed by atoms with van der Waals surface area (Å²) in [4.78, 5) is 12.6. The molecule has 0 aliphatic carbocycles. The molecule has 4 aromatic rings. The van der Waals surface area contributed by atoms with Crippen LogP contribution in [0.25, 0.3) is 11.1 Å². The van der Waals surface area contributed by atoms with E-state index < -0.39 is 5.82 Å². The zero-order valence-corrected chi connectivity index (χ0v) is 15.5. The summed E-state index contributed by atoms with van der Waals surface area (Å²) in [5.74, 6) is 1.24. The van der Waals surface area contributed by atoms with Crippen molar-refractivity contribution >= 4 is 11.5 Å². The van der Waals surface area contributed by atoms with Crippen LogP contribution in [-0.2, 0) is 0 Å². The van der Waals surface area contributed by atoms with Gasteiger partial charge in [-0.2, -0.15) is 0 Å². The maximum atomic E-state index is 13.7. The van der Waals surface area contributed by atoms with E-state index in [2.05, 4.69) is 20.3 Å². The van der Waals surface area contributed by atoms with Crippen molar-refractivity contribution in [3.63, 3.8) is 0 Å². The first kappa shape index (κ1) is 18.4. The quantitative estimate of drug-likeness (QED) is 0.488. The fourth-order valence-electron chi connectivity index (χ4n) is 2.77. The molecule has 0 fully saturated rings. The number of aromatic nitrogens is 3. The van der Waals surface area contributed by atoms with Gasteiger partial charge >= 0.3 is 0 Å². The van der Waals surface area contributed by atoms with Gasteiger partial charge in [-0.25, -0.2) is 19.3 Å². The molecule has 1 aromatic carbocycles. The van der Waals surface area contributed by atoms with E-state index in [0.717, 1.165) is 11.1 Å². The molecule has 0 radical (unpaired) electrons. The molecule has 0 amide bonds. The first-order chi connectivity index (χ1) is 14.2. The predicted molar refractivity (Wildman–Crippen MR) is 108 cm³/mol. The van der Waals surface area contributed by atoms with E-state index in [1.165, 1.54) is 12.3 Å². The Balaban J connectivity index is 1.57. The van der Waals surface area contributed by atoms with Gasteiger partial charge in [-0.1, -0.05) is 0 Å². The van der Waals surface area contributed by atoms with Crippen LogP contribution in [0.2, 0.25) is 0 Å². The molecule has 0 spiro atoms. The van der Waals surface area contributed by atoms with Crippen molar-refractivity contribution in [1.29, 1.82) is 0 Å². The normalized spacial score (nSPS) is 10.4. The van der Waals surface area contributed by atoms with Crippen LogP contribution in [0.4, 0.5) is 15.9 Å². The zero-order chi connectivity index (χ0) is 20.1. The summed E-state index contributed by atoms with van der Waals surface area (Å²) < 4.78 is 25.1. The van der Waals surface area contributed by atoms with E-state index in [1.807, 2.05) is 24.3 Å². The largest absolute Gasteiger partial charge is 0.481 e. The molecule has 3 aromatic heterocycles. The number of hydrogen-bond acceptors (Lipinski definition) is 6. The molecule has 4 rings (SSSR count).